The quantitative estimate of drug-likeness (QED) is 0.431. The molecular formula is C29H27FN4O. The number of halogens is 1. The van der Waals surface area contributed by atoms with Crippen LogP contribution in [0.3, 0.4) is 0 Å². The molecule has 6 rings (SSSR count). The first-order chi connectivity index (χ1) is 17.1. The lowest BCUT2D eigenvalue weighted by Gasteiger charge is -2.49. The summed E-state index contributed by atoms with van der Waals surface area (Å²) < 4.78 is 21.9. The SMILES string of the molecule is COc1ccc(-c2cc3cc(N4CCC5(CC4)CNC5)ccc3n2-c2ccc(C#N)cc2)cc1F. The number of piperidine rings is 1. The Morgan fingerprint density at radius 2 is 1.69 bits per heavy atom. The Hall–Kier alpha value is -3.82. The predicted molar refractivity (Wildman–Crippen MR) is 137 cm³/mol. The summed E-state index contributed by atoms with van der Waals surface area (Å²) in [7, 11) is 1.47. The van der Waals surface area contributed by atoms with Crippen LogP contribution in [0.5, 0.6) is 5.75 Å². The van der Waals surface area contributed by atoms with Crippen LogP contribution < -0.4 is 15.0 Å². The standard InChI is InChI=1S/C29H27FN4O/c1-35-28-9-4-21(15-25(28)30)27-16-22-14-24(33-12-10-29(11-13-33)18-32-19-29)7-8-26(22)34(27)23-5-2-20(17-31)3-6-23/h2-9,14-16,32H,10-13,18-19H2,1H3. The molecule has 2 fully saturated rings. The van der Waals surface area contributed by atoms with Gasteiger partial charge < -0.3 is 19.5 Å². The van der Waals surface area contributed by atoms with Gasteiger partial charge in [0, 0.05) is 48.5 Å². The molecule has 1 aromatic heterocycles. The van der Waals surface area contributed by atoms with Crippen molar-refractivity contribution < 1.29 is 9.13 Å². The number of nitrogens with one attached hydrogen (secondary N) is 1. The van der Waals surface area contributed by atoms with E-state index in [0.29, 0.717) is 11.0 Å². The molecule has 1 N–H and O–H groups in total. The van der Waals surface area contributed by atoms with Crippen molar-refractivity contribution in [2.45, 2.75) is 12.8 Å². The fourth-order valence-electron chi connectivity index (χ4n) is 5.47. The maximum absolute atomic E-state index is 14.6. The highest BCUT2D eigenvalue weighted by atomic mass is 19.1. The molecule has 0 amide bonds. The highest BCUT2D eigenvalue weighted by Gasteiger charge is 2.39. The lowest BCUT2D eigenvalue weighted by molar-refractivity contribution is 0.126. The first kappa shape index (κ1) is 21.7. The number of anilines is 1. The van der Waals surface area contributed by atoms with Crippen molar-refractivity contribution in [3.8, 4) is 28.8 Å². The zero-order valence-corrected chi connectivity index (χ0v) is 19.7. The van der Waals surface area contributed by atoms with E-state index in [1.165, 1.54) is 31.7 Å². The highest BCUT2D eigenvalue weighted by Crippen LogP contribution is 2.39. The Morgan fingerprint density at radius 3 is 2.31 bits per heavy atom. The van der Waals surface area contributed by atoms with Crippen LogP contribution in [0.4, 0.5) is 10.1 Å². The van der Waals surface area contributed by atoms with Gasteiger partial charge in [0.05, 0.1) is 30.0 Å². The molecule has 35 heavy (non-hydrogen) atoms. The van der Waals surface area contributed by atoms with Crippen LogP contribution in [0.1, 0.15) is 18.4 Å². The van der Waals surface area contributed by atoms with Gasteiger partial charge in [-0.1, -0.05) is 0 Å². The van der Waals surface area contributed by atoms with E-state index in [4.69, 9.17) is 4.74 Å². The predicted octanol–water partition coefficient (Wildman–Crippen LogP) is 5.51. The summed E-state index contributed by atoms with van der Waals surface area (Å²) in [6, 6.07) is 23.5. The number of ether oxygens (including phenoxy) is 1. The number of aromatic nitrogens is 1. The second kappa shape index (κ2) is 8.44. The Balaban J connectivity index is 1.44. The first-order valence-corrected chi connectivity index (χ1v) is 12.0. The number of nitrogens with zero attached hydrogens (tertiary/aromatic N) is 3. The van der Waals surface area contributed by atoms with Gasteiger partial charge in [0.2, 0.25) is 0 Å². The monoisotopic (exact) mass is 466 g/mol. The van der Waals surface area contributed by atoms with Gasteiger partial charge in [-0.2, -0.15) is 5.26 Å². The van der Waals surface area contributed by atoms with E-state index in [-0.39, 0.29) is 5.75 Å². The molecule has 3 aromatic carbocycles. The zero-order chi connectivity index (χ0) is 24.0. The van der Waals surface area contributed by atoms with Crippen LogP contribution in [-0.2, 0) is 0 Å². The molecule has 1 spiro atoms. The van der Waals surface area contributed by atoms with E-state index in [1.807, 2.05) is 30.3 Å². The van der Waals surface area contributed by atoms with Crippen LogP contribution >= 0.6 is 0 Å². The van der Waals surface area contributed by atoms with E-state index in [1.54, 1.807) is 6.07 Å². The number of hydrogen-bond donors (Lipinski definition) is 1. The Labute approximate surface area is 204 Å². The third-order valence-electron chi connectivity index (χ3n) is 7.68. The maximum atomic E-state index is 14.6. The van der Waals surface area contributed by atoms with Gasteiger partial charge in [-0.25, -0.2) is 4.39 Å². The molecular weight excluding hydrogens is 439 g/mol. The number of methoxy groups -OCH3 is 1. The van der Waals surface area contributed by atoms with Crippen molar-refractivity contribution in [2.24, 2.45) is 5.41 Å². The van der Waals surface area contributed by atoms with Crippen molar-refractivity contribution in [3.63, 3.8) is 0 Å². The van der Waals surface area contributed by atoms with Gasteiger partial charge in [0.1, 0.15) is 0 Å². The number of fused-ring (bicyclic) bond motifs is 1. The first-order valence-electron chi connectivity index (χ1n) is 12.0. The van der Waals surface area contributed by atoms with Gasteiger partial charge in [-0.15, -0.1) is 0 Å². The summed E-state index contributed by atoms with van der Waals surface area (Å²) in [5.74, 6) is -0.170. The summed E-state index contributed by atoms with van der Waals surface area (Å²) in [5, 5.41) is 13.8. The van der Waals surface area contributed by atoms with Crippen molar-refractivity contribution in [3.05, 3.63) is 78.1 Å². The number of nitriles is 1. The molecule has 0 saturated carbocycles. The van der Waals surface area contributed by atoms with Crippen molar-refractivity contribution >= 4 is 16.6 Å². The molecule has 176 valence electrons. The molecule has 5 nitrogen and oxygen atoms in total. The molecule has 0 radical (unpaired) electrons. The Morgan fingerprint density at radius 1 is 0.943 bits per heavy atom. The van der Waals surface area contributed by atoms with Crippen LogP contribution in [0.25, 0.3) is 27.8 Å². The van der Waals surface area contributed by atoms with Crippen molar-refractivity contribution in [1.82, 2.24) is 9.88 Å². The zero-order valence-electron chi connectivity index (χ0n) is 19.7. The van der Waals surface area contributed by atoms with E-state index in [9.17, 15) is 9.65 Å². The molecule has 2 aliphatic heterocycles. The van der Waals surface area contributed by atoms with Crippen molar-refractivity contribution in [1.29, 1.82) is 5.26 Å². The number of benzene rings is 3. The van der Waals surface area contributed by atoms with Gasteiger partial charge in [0.25, 0.3) is 0 Å². The summed E-state index contributed by atoms with van der Waals surface area (Å²) in [4.78, 5) is 2.48. The minimum atomic E-state index is -0.393. The average molecular weight is 467 g/mol. The molecule has 2 saturated heterocycles. The maximum Gasteiger partial charge on any atom is 0.165 e. The summed E-state index contributed by atoms with van der Waals surface area (Å²) >= 11 is 0. The molecule has 0 unspecified atom stereocenters. The van der Waals surface area contributed by atoms with Crippen LogP contribution in [-0.4, -0.2) is 37.9 Å². The van der Waals surface area contributed by atoms with E-state index >= 15 is 0 Å². The summed E-state index contributed by atoms with van der Waals surface area (Å²) in [5.41, 5.74) is 5.96. The average Bonchev–Trinajstić information content (AvgIpc) is 3.26. The molecule has 6 heteroatoms. The molecule has 0 atom stereocenters. The lowest BCUT2D eigenvalue weighted by atomic mass is 9.73. The summed E-state index contributed by atoms with van der Waals surface area (Å²) in [6.07, 6.45) is 2.45. The Kier molecular flexibility index (Phi) is 5.23. The number of hydrogen-bond acceptors (Lipinski definition) is 4. The van der Waals surface area contributed by atoms with Gasteiger partial charge in [0.15, 0.2) is 11.6 Å². The number of rotatable bonds is 4. The van der Waals surface area contributed by atoms with Crippen LogP contribution in [0, 0.1) is 22.6 Å². The highest BCUT2D eigenvalue weighted by molar-refractivity contribution is 5.91. The van der Waals surface area contributed by atoms with E-state index < -0.39 is 5.82 Å². The van der Waals surface area contributed by atoms with Crippen LogP contribution in [0.2, 0.25) is 0 Å². The lowest BCUT2D eigenvalue weighted by Crippen LogP contribution is -2.58. The molecule has 3 heterocycles. The minimum Gasteiger partial charge on any atom is -0.494 e. The second-order valence-electron chi connectivity index (χ2n) is 9.71. The van der Waals surface area contributed by atoms with Gasteiger partial charge in [-0.05, 0) is 85.0 Å². The normalized spacial score (nSPS) is 16.8. The molecule has 4 aromatic rings. The third-order valence-corrected chi connectivity index (χ3v) is 7.68. The van der Waals surface area contributed by atoms with Crippen molar-refractivity contribution in [2.75, 3.05) is 38.2 Å². The second-order valence-corrected chi connectivity index (χ2v) is 9.71. The molecule has 0 bridgehead atoms. The topological polar surface area (TPSA) is 53.2 Å². The Bertz CT molecular complexity index is 1440. The van der Waals surface area contributed by atoms with Gasteiger partial charge >= 0.3 is 0 Å². The van der Waals surface area contributed by atoms with Gasteiger partial charge in [-0.3, -0.25) is 0 Å². The largest absolute Gasteiger partial charge is 0.494 e. The fraction of sp³-hybridized carbons (Fsp3) is 0.276. The minimum absolute atomic E-state index is 0.224. The van der Waals surface area contributed by atoms with E-state index in [0.717, 1.165) is 54.0 Å². The smallest absolute Gasteiger partial charge is 0.165 e. The molecule has 0 aliphatic carbocycles. The molecule has 2 aliphatic rings. The fourth-order valence-corrected chi connectivity index (χ4v) is 5.47. The van der Waals surface area contributed by atoms with E-state index in [2.05, 4.69) is 45.1 Å². The van der Waals surface area contributed by atoms with Crippen LogP contribution in [0.15, 0.2) is 66.7 Å². The third kappa shape index (κ3) is 3.73. The summed E-state index contributed by atoms with van der Waals surface area (Å²) in [6.45, 7) is 4.43.